The van der Waals surface area contributed by atoms with Crippen LogP contribution in [0, 0.1) is 5.41 Å². The molecule has 4 N–H and O–H groups in total. The molecule has 0 aromatic carbocycles. The van der Waals surface area contributed by atoms with Gasteiger partial charge in [-0.05, 0) is 38.6 Å². The van der Waals surface area contributed by atoms with Gasteiger partial charge < -0.3 is 16.3 Å². The Morgan fingerprint density at radius 2 is 2.22 bits per heavy atom. The minimum atomic E-state index is -0.206. The van der Waals surface area contributed by atoms with E-state index in [2.05, 4.69) is 22.6 Å². The van der Waals surface area contributed by atoms with Crippen molar-refractivity contribution < 1.29 is 5.21 Å². The lowest BCUT2D eigenvalue weighted by Gasteiger charge is -2.23. The lowest BCUT2D eigenvalue weighted by Crippen LogP contribution is -2.33. The fraction of sp³-hybridized carbons (Fsp3) is 0.786. The molecule has 1 aliphatic rings. The van der Waals surface area contributed by atoms with Crippen molar-refractivity contribution in [2.24, 2.45) is 16.3 Å². The van der Waals surface area contributed by atoms with E-state index in [1.165, 1.54) is 12.8 Å². The molecule has 104 valence electrons. The Morgan fingerprint density at radius 3 is 2.83 bits per heavy atom. The van der Waals surface area contributed by atoms with Crippen LogP contribution in [0.3, 0.4) is 0 Å². The zero-order valence-corrected chi connectivity index (χ0v) is 11.7. The molecule has 18 heavy (non-hydrogen) atoms. The van der Waals surface area contributed by atoms with Crippen molar-refractivity contribution in [3.05, 3.63) is 12.2 Å². The first-order valence-electron chi connectivity index (χ1n) is 6.92. The molecule has 0 heterocycles. The van der Waals surface area contributed by atoms with Crippen LogP contribution in [-0.2, 0) is 0 Å². The van der Waals surface area contributed by atoms with Gasteiger partial charge in [-0.2, -0.15) is 0 Å². The Balaban J connectivity index is 2.09. The van der Waals surface area contributed by atoms with Gasteiger partial charge in [0.15, 0.2) is 0 Å². The van der Waals surface area contributed by atoms with Gasteiger partial charge in [0, 0.05) is 11.5 Å². The molecular weight excluding hydrogens is 226 g/mol. The predicted molar refractivity (Wildman–Crippen MR) is 75.8 cm³/mol. The Bertz CT molecular complexity index is 297. The highest BCUT2D eigenvalue weighted by atomic mass is 16.4. The third kappa shape index (κ3) is 5.08. The third-order valence-electron chi connectivity index (χ3n) is 3.73. The van der Waals surface area contributed by atoms with Crippen molar-refractivity contribution in [1.29, 1.82) is 0 Å². The van der Waals surface area contributed by atoms with Crippen molar-refractivity contribution in [2.45, 2.75) is 58.4 Å². The fourth-order valence-electron chi connectivity index (χ4n) is 2.24. The Hall–Kier alpha value is -1.03. The van der Waals surface area contributed by atoms with Gasteiger partial charge in [-0.15, -0.1) is 0 Å². The lowest BCUT2D eigenvalue weighted by molar-refractivity contribution is 0.304. The van der Waals surface area contributed by atoms with Crippen LogP contribution in [0.1, 0.15) is 52.4 Å². The summed E-state index contributed by atoms with van der Waals surface area (Å²) in [6, 6.07) is 0.659. The van der Waals surface area contributed by atoms with Crippen LogP contribution < -0.4 is 11.1 Å². The monoisotopic (exact) mass is 253 g/mol. The molecule has 0 bridgehead atoms. The van der Waals surface area contributed by atoms with Crippen LogP contribution in [0.5, 0.6) is 0 Å². The third-order valence-corrected chi connectivity index (χ3v) is 3.73. The Labute approximate surface area is 110 Å². The molecule has 0 saturated heterocycles. The predicted octanol–water partition coefficient (Wildman–Crippen LogP) is 2.63. The number of unbranched alkanes of at least 4 members (excludes halogenated alkanes) is 1. The van der Waals surface area contributed by atoms with E-state index in [-0.39, 0.29) is 5.41 Å². The second-order valence-electron chi connectivity index (χ2n) is 5.76. The molecule has 1 unspecified atom stereocenters. The quantitative estimate of drug-likeness (QED) is 0.163. The number of amidine groups is 1. The second kappa shape index (κ2) is 7.41. The SMILES string of the molecule is CC(C)(CCCCNC1CC=CCC1)/C(N)=N/O. The number of hydrogen-bond donors (Lipinski definition) is 3. The minimum absolute atomic E-state index is 0.206. The Kier molecular flexibility index (Phi) is 6.19. The summed E-state index contributed by atoms with van der Waals surface area (Å²) in [5, 5.41) is 15.4. The molecule has 1 aliphatic carbocycles. The van der Waals surface area contributed by atoms with E-state index >= 15 is 0 Å². The molecule has 0 radical (unpaired) electrons. The smallest absolute Gasteiger partial charge is 0.144 e. The zero-order valence-electron chi connectivity index (χ0n) is 11.7. The number of nitrogens with one attached hydrogen (secondary N) is 1. The second-order valence-corrected chi connectivity index (χ2v) is 5.76. The molecule has 1 atom stereocenters. The van der Waals surface area contributed by atoms with Crippen molar-refractivity contribution in [3.8, 4) is 0 Å². The molecule has 0 spiro atoms. The number of oxime groups is 1. The standard InChI is InChI=1S/C14H27N3O/c1-14(2,13(15)17-18)10-6-7-11-16-12-8-4-3-5-9-12/h3-4,12,16,18H,5-11H2,1-2H3,(H2,15,17). The van der Waals surface area contributed by atoms with Gasteiger partial charge in [0.25, 0.3) is 0 Å². The van der Waals surface area contributed by atoms with E-state index in [4.69, 9.17) is 10.9 Å². The van der Waals surface area contributed by atoms with Gasteiger partial charge in [0.2, 0.25) is 0 Å². The normalized spacial score (nSPS) is 21.2. The van der Waals surface area contributed by atoms with E-state index < -0.39 is 0 Å². The summed E-state index contributed by atoms with van der Waals surface area (Å²) >= 11 is 0. The molecule has 4 nitrogen and oxygen atoms in total. The highest BCUT2D eigenvalue weighted by Crippen LogP contribution is 2.23. The molecule has 0 amide bonds. The zero-order chi connectivity index (χ0) is 13.4. The maximum absolute atomic E-state index is 8.69. The van der Waals surface area contributed by atoms with Crippen LogP contribution >= 0.6 is 0 Å². The topological polar surface area (TPSA) is 70.6 Å². The van der Waals surface area contributed by atoms with Gasteiger partial charge in [-0.1, -0.05) is 37.6 Å². The van der Waals surface area contributed by atoms with Gasteiger partial charge >= 0.3 is 0 Å². The fourth-order valence-corrected chi connectivity index (χ4v) is 2.24. The molecular formula is C14H27N3O. The average molecular weight is 253 g/mol. The van der Waals surface area contributed by atoms with Crippen LogP contribution in [0.2, 0.25) is 0 Å². The number of hydrogen-bond acceptors (Lipinski definition) is 3. The summed E-state index contributed by atoms with van der Waals surface area (Å²) < 4.78 is 0. The maximum Gasteiger partial charge on any atom is 0.144 e. The first-order chi connectivity index (χ1) is 8.56. The first-order valence-corrected chi connectivity index (χ1v) is 6.92. The van der Waals surface area contributed by atoms with Crippen LogP contribution in [0.25, 0.3) is 0 Å². The molecule has 0 aromatic heterocycles. The van der Waals surface area contributed by atoms with Gasteiger partial charge in [0.05, 0.1) is 0 Å². The van der Waals surface area contributed by atoms with Gasteiger partial charge in [-0.25, -0.2) is 0 Å². The van der Waals surface area contributed by atoms with E-state index in [1.54, 1.807) is 0 Å². The average Bonchev–Trinajstić information content (AvgIpc) is 2.38. The van der Waals surface area contributed by atoms with Crippen molar-refractivity contribution in [3.63, 3.8) is 0 Å². The van der Waals surface area contributed by atoms with Crippen molar-refractivity contribution in [2.75, 3.05) is 6.54 Å². The number of rotatable bonds is 7. The van der Waals surface area contributed by atoms with Crippen LogP contribution in [0.15, 0.2) is 17.3 Å². The summed E-state index contributed by atoms with van der Waals surface area (Å²) in [6.07, 6.45) is 11.3. The van der Waals surface area contributed by atoms with Crippen LogP contribution in [0.4, 0.5) is 0 Å². The largest absolute Gasteiger partial charge is 0.409 e. The van der Waals surface area contributed by atoms with E-state index in [0.29, 0.717) is 11.9 Å². The van der Waals surface area contributed by atoms with E-state index in [1.807, 2.05) is 13.8 Å². The highest BCUT2D eigenvalue weighted by Gasteiger charge is 2.22. The van der Waals surface area contributed by atoms with E-state index in [0.717, 1.165) is 32.2 Å². The first kappa shape index (κ1) is 15.0. The summed E-state index contributed by atoms with van der Waals surface area (Å²) in [5.41, 5.74) is 5.45. The van der Waals surface area contributed by atoms with Gasteiger partial charge in [-0.3, -0.25) is 0 Å². The summed E-state index contributed by atoms with van der Waals surface area (Å²) in [5.74, 6) is 0.327. The van der Waals surface area contributed by atoms with Crippen molar-refractivity contribution >= 4 is 5.84 Å². The molecule has 0 aliphatic heterocycles. The lowest BCUT2D eigenvalue weighted by atomic mass is 9.86. The minimum Gasteiger partial charge on any atom is -0.409 e. The highest BCUT2D eigenvalue weighted by molar-refractivity contribution is 5.85. The molecule has 0 aromatic rings. The summed E-state index contributed by atoms with van der Waals surface area (Å²) in [4.78, 5) is 0. The number of nitrogens with zero attached hydrogens (tertiary/aromatic N) is 1. The maximum atomic E-state index is 8.69. The Morgan fingerprint density at radius 1 is 1.44 bits per heavy atom. The number of allylic oxidation sites excluding steroid dienone is 1. The van der Waals surface area contributed by atoms with E-state index in [9.17, 15) is 0 Å². The van der Waals surface area contributed by atoms with Gasteiger partial charge in [0.1, 0.15) is 5.84 Å². The van der Waals surface area contributed by atoms with Crippen LogP contribution in [-0.4, -0.2) is 23.6 Å². The summed E-state index contributed by atoms with van der Waals surface area (Å²) in [7, 11) is 0. The number of nitrogens with two attached hydrogens (primary N) is 1. The molecule has 1 rings (SSSR count). The molecule has 0 fully saturated rings. The molecule has 4 heteroatoms. The molecule has 0 saturated carbocycles. The van der Waals surface area contributed by atoms with Crippen molar-refractivity contribution in [1.82, 2.24) is 5.32 Å². The summed E-state index contributed by atoms with van der Waals surface area (Å²) in [6.45, 7) is 5.09.